The second kappa shape index (κ2) is 6.22. The largest absolute Gasteiger partial charge is 0.480 e. The summed E-state index contributed by atoms with van der Waals surface area (Å²) in [7, 11) is 1.36. The molecule has 0 saturated heterocycles. The van der Waals surface area contributed by atoms with Crippen LogP contribution in [0, 0.1) is 0 Å². The molecule has 1 unspecified atom stereocenters. The highest BCUT2D eigenvalue weighted by Crippen LogP contribution is 2.14. The van der Waals surface area contributed by atoms with Crippen molar-refractivity contribution in [3.8, 4) is 0 Å². The Balaban J connectivity index is 2.77. The van der Waals surface area contributed by atoms with E-state index in [0.29, 0.717) is 0 Å². The fraction of sp³-hybridized carbons (Fsp3) is 0.273. The van der Waals surface area contributed by atoms with Crippen molar-refractivity contribution < 1.29 is 19.4 Å². The molecule has 1 atom stereocenters. The molecule has 0 spiro atoms. The van der Waals surface area contributed by atoms with E-state index in [1.165, 1.54) is 13.2 Å². The van der Waals surface area contributed by atoms with E-state index in [9.17, 15) is 9.59 Å². The maximum atomic E-state index is 11.7. The van der Waals surface area contributed by atoms with Crippen molar-refractivity contribution in [3.63, 3.8) is 0 Å². The molecule has 0 aliphatic heterocycles. The van der Waals surface area contributed by atoms with Gasteiger partial charge in [0.05, 0.1) is 17.2 Å². The number of carbonyl (C=O) groups excluding carboxylic acids is 1. The Morgan fingerprint density at radius 2 is 2.12 bits per heavy atom. The molecule has 2 N–H and O–H groups in total. The summed E-state index contributed by atoms with van der Waals surface area (Å²) in [6, 6.07) is 5.31. The van der Waals surface area contributed by atoms with Gasteiger partial charge in [-0.3, -0.25) is 4.79 Å². The summed E-state index contributed by atoms with van der Waals surface area (Å²) in [5, 5.41) is 11.4. The van der Waals surface area contributed by atoms with Crippen LogP contribution in [0.1, 0.15) is 10.4 Å². The molecule has 0 aliphatic rings. The first-order valence-corrected chi connectivity index (χ1v) is 5.21. The molecule has 0 aliphatic carbocycles. The number of amides is 1. The highest BCUT2D eigenvalue weighted by atomic mass is 35.5. The standard InChI is InChI=1S/C11H12ClNO4/c1-17-6-9(11(15)16)13-10(14)7-4-2-3-5-8(7)12/h2-5,9H,6H2,1H3,(H,13,14)(H,15,16). The molecule has 0 bridgehead atoms. The van der Waals surface area contributed by atoms with Crippen molar-refractivity contribution >= 4 is 23.5 Å². The highest BCUT2D eigenvalue weighted by Gasteiger charge is 2.21. The number of ether oxygens (including phenoxy) is 1. The molecule has 6 heteroatoms. The molecule has 92 valence electrons. The zero-order chi connectivity index (χ0) is 12.8. The number of halogens is 1. The van der Waals surface area contributed by atoms with Gasteiger partial charge in [-0.05, 0) is 12.1 Å². The number of hydrogen-bond donors (Lipinski definition) is 2. The van der Waals surface area contributed by atoms with E-state index in [1.807, 2.05) is 0 Å². The Bertz CT molecular complexity index is 422. The molecule has 1 rings (SSSR count). The number of aliphatic carboxylic acids is 1. The molecule has 1 aromatic carbocycles. The fourth-order valence-corrected chi connectivity index (χ4v) is 1.44. The van der Waals surface area contributed by atoms with Gasteiger partial charge < -0.3 is 15.2 Å². The predicted octanol–water partition coefficient (Wildman–Crippen LogP) is 1.17. The van der Waals surface area contributed by atoms with E-state index in [1.54, 1.807) is 18.2 Å². The number of carboxylic acid groups (broad SMARTS) is 1. The number of nitrogens with one attached hydrogen (secondary N) is 1. The quantitative estimate of drug-likeness (QED) is 0.830. The Morgan fingerprint density at radius 1 is 1.47 bits per heavy atom. The first kappa shape index (κ1) is 13.5. The summed E-state index contributed by atoms with van der Waals surface area (Å²) >= 11 is 5.82. The van der Waals surface area contributed by atoms with Crippen LogP contribution < -0.4 is 5.32 Å². The normalized spacial score (nSPS) is 11.9. The number of carboxylic acids is 1. The van der Waals surface area contributed by atoms with Crippen LogP contribution in [0.25, 0.3) is 0 Å². The Labute approximate surface area is 103 Å². The van der Waals surface area contributed by atoms with Gasteiger partial charge in [0.1, 0.15) is 0 Å². The van der Waals surface area contributed by atoms with Crippen LogP contribution in [0.3, 0.4) is 0 Å². The zero-order valence-corrected chi connectivity index (χ0v) is 9.90. The molecule has 0 aromatic heterocycles. The minimum atomic E-state index is -1.16. The van der Waals surface area contributed by atoms with Crippen molar-refractivity contribution in [2.24, 2.45) is 0 Å². The van der Waals surface area contributed by atoms with Crippen LogP contribution in [-0.2, 0) is 9.53 Å². The summed E-state index contributed by atoms with van der Waals surface area (Å²) in [6.45, 7) is -0.106. The van der Waals surface area contributed by atoms with Crippen LogP contribution in [-0.4, -0.2) is 36.7 Å². The molecular weight excluding hydrogens is 246 g/mol. The van der Waals surface area contributed by atoms with Gasteiger partial charge in [0, 0.05) is 7.11 Å². The molecule has 0 radical (unpaired) electrons. The van der Waals surface area contributed by atoms with Gasteiger partial charge in [0.15, 0.2) is 6.04 Å². The third-order valence-electron chi connectivity index (χ3n) is 2.06. The summed E-state index contributed by atoms with van der Waals surface area (Å²) in [6.07, 6.45) is 0. The molecule has 0 heterocycles. The van der Waals surface area contributed by atoms with E-state index in [2.05, 4.69) is 5.32 Å². The van der Waals surface area contributed by atoms with Crippen molar-refractivity contribution in [1.82, 2.24) is 5.32 Å². The molecule has 17 heavy (non-hydrogen) atoms. The van der Waals surface area contributed by atoms with Gasteiger partial charge in [-0.1, -0.05) is 23.7 Å². The molecule has 0 saturated carbocycles. The van der Waals surface area contributed by atoms with Gasteiger partial charge in [-0.2, -0.15) is 0 Å². The zero-order valence-electron chi connectivity index (χ0n) is 9.14. The topological polar surface area (TPSA) is 75.6 Å². The van der Waals surface area contributed by atoms with Crippen molar-refractivity contribution in [2.75, 3.05) is 13.7 Å². The van der Waals surface area contributed by atoms with E-state index in [4.69, 9.17) is 21.4 Å². The summed E-state index contributed by atoms with van der Waals surface area (Å²) in [5.74, 6) is -1.70. The molecule has 1 amide bonds. The Hall–Kier alpha value is -1.59. The van der Waals surface area contributed by atoms with Crippen molar-refractivity contribution in [2.45, 2.75) is 6.04 Å². The monoisotopic (exact) mass is 257 g/mol. The lowest BCUT2D eigenvalue weighted by atomic mass is 10.2. The summed E-state index contributed by atoms with van der Waals surface area (Å²) < 4.78 is 4.70. The second-order valence-electron chi connectivity index (χ2n) is 3.30. The number of carbonyl (C=O) groups is 2. The number of methoxy groups -OCH3 is 1. The lowest BCUT2D eigenvalue weighted by Gasteiger charge is -2.13. The van der Waals surface area contributed by atoms with Crippen LogP contribution >= 0.6 is 11.6 Å². The predicted molar refractivity (Wildman–Crippen MR) is 62.2 cm³/mol. The minimum Gasteiger partial charge on any atom is -0.480 e. The number of hydrogen-bond acceptors (Lipinski definition) is 3. The third kappa shape index (κ3) is 3.72. The van der Waals surface area contributed by atoms with Crippen molar-refractivity contribution in [1.29, 1.82) is 0 Å². The van der Waals surface area contributed by atoms with Crippen LogP contribution in [0.2, 0.25) is 5.02 Å². The fourth-order valence-electron chi connectivity index (χ4n) is 1.22. The van der Waals surface area contributed by atoms with Crippen LogP contribution in [0.15, 0.2) is 24.3 Å². The van der Waals surface area contributed by atoms with Gasteiger partial charge in [0.25, 0.3) is 5.91 Å². The first-order valence-electron chi connectivity index (χ1n) is 4.83. The average Bonchev–Trinajstić information content (AvgIpc) is 2.28. The second-order valence-corrected chi connectivity index (χ2v) is 3.71. The van der Waals surface area contributed by atoms with Gasteiger partial charge >= 0.3 is 5.97 Å². The third-order valence-corrected chi connectivity index (χ3v) is 2.38. The minimum absolute atomic E-state index is 0.106. The van der Waals surface area contributed by atoms with Gasteiger partial charge in [-0.15, -0.1) is 0 Å². The average molecular weight is 258 g/mol. The van der Waals surface area contributed by atoms with Gasteiger partial charge in [0.2, 0.25) is 0 Å². The van der Waals surface area contributed by atoms with E-state index in [0.717, 1.165) is 0 Å². The van der Waals surface area contributed by atoms with E-state index >= 15 is 0 Å². The lowest BCUT2D eigenvalue weighted by molar-refractivity contribution is -0.140. The Morgan fingerprint density at radius 3 is 2.65 bits per heavy atom. The SMILES string of the molecule is COCC(NC(=O)c1ccccc1Cl)C(=O)O. The Kier molecular flexibility index (Phi) is 4.93. The van der Waals surface area contributed by atoms with E-state index in [-0.39, 0.29) is 17.2 Å². The van der Waals surface area contributed by atoms with Crippen molar-refractivity contribution in [3.05, 3.63) is 34.9 Å². The summed E-state index contributed by atoms with van der Waals surface area (Å²) in [5.41, 5.74) is 0.233. The van der Waals surface area contributed by atoms with E-state index < -0.39 is 17.9 Å². The molecule has 1 aromatic rings. The maximum absolute atomic E-state index is 11.7. The smallest absolute Gasteiger partial charge is 0.328 e. The van der Waals surface area contributed by atoms with Gasteiger partial charge in [-0.25, -0.2) is 4.79 Å². The molecule has 0 fully saturated rings. The van der Waals surface area contributed by atoms with Crippen LogP contribution in [0.5, 0.6) is 0 Å². The first-order chi connectivity index (χ1) is 8.06. The van der Waals surface area contributed by atoms with Crippen LogP contribution in [0.4, 0.5) is 0 Å². The summed E-state index contributed by atoms with van der Waals surface area (Å²) in [4.78, 5) is 22.6. The number of rotatable bonds is 5. The highest BCUT2D eigenvalue weighted by molar-refractivity contribution is 6.33. The molecular formula is C11H12ClNO4. The lowest BCUT2D eigenvalue weighted by Crippen LogP contribution is -2.43. The maximum Gasteiger partial charge on any atom is 0.328 e. The number of benzene rings is 1. The molecule has 5 nitrogen and oxygen atoms in total.